The van der Waals surface area contributed by atoms with Crippen LogP contribution in [0.4, 0.5) is 0 Å². The molecule has 2 atom stereocenters. The minimum atomic E-state index is -0.0417. The summed E-state index contributed by atoms with van der Waals surface area (Å²) in [7, 11) is 0. The van der Waals surface area contributed by atoms with Crippen LogP contribution in [-0.4, -0.2) is 37.5 Å². The maximum Gasteiger partial charge on any atom is 0.225 e. The maximum absolute atomic E-state index is 4.92. The van der Waals surface area contributed by atoms with Crippen LogP contribution in [0.15, 0.2) is 0 Å². The molecule has 4 heterocycles. The van der Waals surface area contributed by atoms with Gasteiger partial charge in [0.15, 0.2) is 0 Å². The number of fused-ring (bicyclic) bond motifs is 1. The molecule has 0 saturated carbocycles. The first-order valence-electron chi connectivity index (χ1n) is 4.43. The summed E-state index contributed by atoms with van der Waals surface area (Å²) in [5.41, 5.74) is 0. The predicted molar refractivity (Wildman–Crippen MR) is 38.5 cm³/mol. The summed E-state index contributed by atoms with van der Waals surface area (Å²) in [6.07, 6.45) is 2.20. The van der Waals surface area contributed by atoms with E-state index in [0.29, 0.717) is 12.2 Å². The average Bonchev–Trinajstić information content (AvgIpc) is 2.80. The zero-order chi connectivity index (χ0) is 8.18. The Morgan fingerprint density at radius 1 is 1.17 bits per heavy atom. The van der Waals surface area contributed by atoms with Crippen molar-refractivity contribution in [2.24, 2.45) is 0 Å². The Labute approximate surface area is 70.7 Å². The molecule has 4 rings (SSSR count). The van der Waals surface area contributed by atoms with E-state index in [9.17, 15) is 0 Å². The lowest BCUT2D eigenvalue weighted by Crippen LogP contribution is -1.92. The van der Waals surface area contributed by atoms with Gasteiger partial charge in [0.2, 0.25) is 12.1 Å². The first kappa shape index (κ1) is 7.26. The Hall–Kier alpha value is -0.160. The second-order valence-corrected chi connectivity index (χ2v) is 3.48. The van der Waals surface area contributed by atoms with Gasteiger partial charge in [0.05, 0.1) is 13.2 Å². The fourth-order valence-corrected chi connectivity index (χ4v) is 1.18. The third-order valence-corrected chi connectivity index (χ3v) is 2.48. The quantitative estimate of drug-likeness (QED) is 0.561. The van der Waals surface area contributed by atoms with Crippen LogP contribution in [0.2, 0.25) is 0 Å². The smallest absolute Gasteiger partial charge is 0.225 e. The normalized spacial score (nSPS) is 56.2. The largest absolute Gasteiger partial charge is 0.370 e. The molecule has 4 fully saturated rings. The van der Waals surface area contributed by atoms with Crippen molar-refractivity contribution >= 4 is 0 Å². The fraction of sp³-hybridized carbons (Fsp3) is 1.00. The highest BCUT2D eigenvalue weighted by atomic mass is 17.0. The molecule has 0 amide bonds. The summed E-state index contributed by atoms with van der Waals surface area (Å²) < 4.78 is 19.7. The maximum atomic E-state index is 4.92. The molecule has 0 radical (unpaired) electrons. The van der Waals surface area contributed by atoms with Crippen LogP contribution in [-0.2, 0) is 18.9 Å². The lowest BCUT2D eigenvalue weighted by atomic mass is 10.4. The summed E-state index contributed by atoms with van der Waals surface area (Å²) >= 11 is 0. The zero-order valence-corrected chi connectivity index (χ0v) is 6.99. The van der Waals surface area contributed by atoms with E-state index >= 15 is 0 Å². The minimum absolute atomic E-state index is 0.0417. The minimum Gasteiger partial charge on any atom is -0.370 e. The van der Waals surface area contributed by atoms with Gasteiger partial charge in [-0.05, 0) is 0 Å². The molecule has 0 spiro atoms. The van der Waals surface area contributed by atoms with Gasteiger partial charge in [0.25, 0.3) is 0 Å². The standard InChI is InChI=1S/2C4H6O2/c1-3(5-1)4-2-6-4;1-2-4-3(5-4)6-4/h3-4H,1-2H2;3H,2H2,1H3. The summed E-state index contributed by atoms with van der Waals surface area (Å²) in [5.74, 6) is -0.0417. The molecular formula is C8H12O4. The van der Waals surface area contributed by atoms with Crippen LogP contribution in [0.1, 0.15) is 13.3 Å². The Balaban J connectivity index is 0.0000000817. The van der Waals surface area contributed by atoms with Crippen molar-refractivity contribution < 1.29 is 18.9 Å². The SMILES string of the molecule is C1OC1C1CO1.CCC12OC1O2. The molecule has 4 nitrogen and oxygen atoms in total. The van der Waals surface area contributed by atoms with Gasteiger partial charge >= 0.3 is 0 Å². The monoisotopic (exact) mass is 172 g/mol. The van der Waals surface area contributed by atoms with Crippen LogP contribution in [0.3, 0.4) is 0 Å². The lowest BCUT2D eigenvalue weighted by molar-refractivity contribution is -0.0511. The number of ether oxygens (including phenoxy) is 4. The van der Waals surface area contributed by atoms with Crippen LogP contribution >= 0.6 is 0 Å². The van der Waals surface area contributed by atoms with Crippen molar-refractivity contribution in [3.05, 3.63) is 0 Å². The van der Waals surface area contributed by atoms with Crippen molar-refractivity contribution in [3.8, 4) is 0 Å². The third kappa shape index (κ3) is 1.25. The molecule has 2 unspecified atom stereocenters. The van der Waals surface area contributed by atoms with E-state index < -0.39 is 0 Å². The molecular weight excluding hydrogens is 160 g/mol. The van der Waals surface area contributed by atoms with Gasteiger partial charge in [0, 0.05) is 6.42 Å². The van der Waals surface area contributed by atoms with E-state index in [1.165, 1.54) is 0 Å². The van der Waals surface area contributed by atoms with Crippen LogP contribution < -0.4 is 0 Å². The second-order valence-electron chi connectivity index (χ2n) is 3.48. The van der Waals surface area contributed by atoms with E-state index in [-0.39, 0.29) is 12.1 Å². The Kier molecular flexibility index (Phi) is 1.33. The zero-order valence-electron chi connectivity index (χ0n) is 6.99. The lowest BCUT2D eigenvalue weighted by Gasteiger charge is -1.88. The number of hydrogen-bond donors (Lipinski definition) is 0. The van der Waals surface area contributed by atoms with Gasteiger partial charge in [-0.3, -0.25) is 0 Å². The van der Waals surface area contributed by atoms with Gasteiger partial charge in [0.1, 0.15) is 12.2 Å². The van der Waals surface area contributed by atoms with Gasteiger partial charge in [-0.2, -0.15) is 0 Å². The molecule has 0 bridgehead atoms. The number of epoxide rings is 4. The second kappa shape index (κ2) is 2.20. The Morgan fingerprint density at radius 2 is 1.58 bits per heavy atom. The topological polar surface area (TPSA) is 50.1 Å². The number of hydrogen-bond acceptors (Lipinski definition) is 4. The molecule has 0 aromatic carbocycles. The summed E-state index contributed by atoms with van der Waals surface area (Å²) in [6, 6.07) is 0. The van der Waals surface area contributed by atoms with Crippen LogP contribution in [0, 0.1) is 0 Å². The van der Waals surface area contributed by atoms with E-state index in [1.54, 1.807) is 0 Å². The van der Waals surface area contributed by atoms with Crippen molar-refractivity contribution in [2.75, 3.05) is 13.2 Å². The molecule has 0 aromatic rings. The van der Waals surface area contributed by atoms with Crippen LogP contribution in [0.5, 0.6) is 0 Å². The first-order valence-corrected chi connectivity index (χ1v) is 4.43. The highest BCUT2D eigenvalue weighted by molar-refractivity contribution is 5.01. The molecule has 4 aliphatic rings. The Morgan fingerprint density at radius 3 is 1.67 bits per heavy atom. The van der Waals surface area contributed by atoms with Crippen molar-refractivity contribution in [1.82, 2.24) is 0 Å². The van der Waals surface area contributed by atoms with Crippen molar-refractivity contribution in [2.45, 2.75) is 37.6 Å². The molecule has 12 heavy (non-hydrogen) atoms. The number of rotatable bonds is 2. The first-order chi connectivity index (χ1) is 5.84. The third-order valence-electron chi connectivity index (χ3n) is 2.48. The summed E-state index contributed by atoms with van der Waals surface area (Å²) in [4.78, 5) is 0. The molecule has 0 N–H and O–H groups in total. The summed E-state index contributed by atoms with van der Waals surface area (Å²) in [5, 5.41) is 0. The molecule has 4 aliphatic heterocycles. The molecule has 0 aromatic heterocycles. The van der Waals surface area contributed by atoms with E-state index in [4.69, 9.17) is 18.9 Å². The highest BCUT2D eigenvalue weighted by Gasteiger charge is 2.75. The summed E-state index contributed by atoms with van der Waals surface area (Å²) in [6.45, 7) is 3.93. The Bertz CT molecular complexity index is 181. The molecule has 4 heteroatoms. The molecule has 0 aliphatic carbocycles. The van der Waals surface area contributed by atoms with E-state index in [2.05, 4.69) is 6.92 Å². The molecule has 68 valence electrons. The van der Waals surface area contributed by atoms with Gasteiger partial charge < -0.3 is 18.9 Å². The van der Waals surface area contributed by atoms with Gasteiger partial charge in [-0.15, -0.1) is 0 Å². The van der Waals surface area contributed by atoms with Crippen LogP contribution in [0.25, 0.3) is 0 Å². The van der Waals surface area contributed by atoms with Gasteiger partial charge in [-0.1, -0.05) is 6.92 Å². The van der Waals surface area contributed by atoms with Crippen molar-refractivity contribution in [1.29, 1.82) is 0 Å². The highest BCUT2D eigenvalue weighted by Crippen LogP contribution is 2.58. The predicted octanol–water partition coefficient (Wildman–Crippen LogP) is 0.263. The van der Waals surface area contributed by atoms with Gasteiger partial charge in [-0.25, -0.2) is 0 Å². The fourth-order valence-electron chi connectivity index (χ4n) is 1.18. The van der Waals surface area contributed by atoms with Crippen molar-refractivity contribution in [3.63, 3.8) is 0 Å². The van der Waals surface area contributed by atoms with E-state index in [1.807, 2.05) is 0 Å². The average molecular weight is 172 g/mol. The van der Waals surface area contributed by atoms with E-state index in [0.717, 1.165) is 19.6 Å². The molecule has 4 saturated heterocycles.